The number of guanidine groups is 1. The van der Waals surface area contributed by atoms with Crippen molar-refractivity contribution in [2.75, 3.05) is 19.7 Å². The van der Waals surface area contributed by atoms with Crippen molar-refractivity contribution in [2.24, 2.45) is 27.9 Å². The van der Waals surface area contributed by atoms with Gasteiger partial charge in [0.2, 0.25) is 17.7 Å². The lowest BCUT2D eigenvalue weighted by atomic mass is 10.0. The van der Waals surface area contributed by atoms with E-state index >= 15 is 0 Å². The normalized spacial score (nSPS) is 12.8. The third-order valence-corrected chi connectivity index (χ3v) is 6.86. The molecule has 0 aliphatic rings. The van der Waals surface area contributed by atoms with Crippen LogP contribution in [0.25, 0.3) is 0 Å². The number of primary amides is 1. The zero-order valence-corrected chi connectivity index (χ0v) is 24.0. The Labute approximate surface area is 243 Å². The van der Waals surface area contributed by atoms with Crippen molar-refractivity contribution in [2.45, 2.75) is 57.2 Å². The Morgan fingerprint density at radius 2 is 1.56 bits per heavy atom. The molecule has 1 aromatic carbocycles. The largest absolute Gasteiger partial charge is 0.494 e. The molecule has 0 radical (unpaired) electrons. The summed E-state index contributed by atoms with van der Waals surface area (Å²) in [5.41, 5.74) is 22.5. The van der Waals surface area contributed by atoms with Crippen LogP contribution in [0.2, 0.25) is 0 Å². The van der Waals surface area contributed by atoms with Crippen LogP contribution >= 0.6 is 11.3 Å². The van der Waals surface area contributed by atoms with Crippen molar-refractivity contribution >= 4 is 40.9 Å². The number of carbonyl (C=O) groups is 4. The predicted molar refractivity (Wildman–Crippen MR) is 158 cm³/mol. The number of amides is 4. The Bertz CT molecular complexity index is 1150. The number of aliphatic imine (C=N–C) groups is 1. The third kappa shape index (κ3) is 11.5. The Balaban J connectivity index is 2.20. The number of carbonyl (C=O) groups excluding carboxylic acids is 4. The van der Waals surface area contributed by atoms with E-state index in [1.165, 1.54) is 11.3 Å². The van der Waals surface area contributed by atoms with Crippen LogP contribution in [-0.4, -0.2) is 61.4 Å². The molecule has 0 saturated carbocycles. The first kappa shape index (κ1) is 33.0. The molecule has 3 atom stereocenters. The number of nitrogens with one attached hydrogen (secondary N) is 3. The second-order valence-electron chi connectivity index (χ2n) is 9.14. The van der Waals surface area contributed by atoms with E-state index in [2.05, 4.69) is 20.9 Å². The summed E-state index contributed by atoms with van der Waals surface area (Å²) < 4.78 is 5.43. The summed E-state index contributed by atoms with van der Waals surface area (Å²) in [5.74, 6) is -1.83. The molecule has 4 amide bonds. The van der Waals surface area contributed by atoms with E-state index in [9.17, 15) is 19.2 Å². The van der Waals surface area contributed by atoms with Gasteiger partial charge in [-0.15, -0.1) is 11.3 Å². The van der Waals surface area contributed by atoms with Crippen molar-refractivity contribution in [1.82, 2.24) is 16.0 Å². The maximum Gasteiger partial charge on any atom is 0.261 e. The fraction of sp³-hybridized carbons (Fsp3) is 0.444. The molecule has 0 bridgehead atoms. The first-order chi connectivity index (χ1) is 19.7. The minimum Gasteiger partial charge on any atom is -0.494 e. The first-order valence-corrected chi connectivity index (χ1v) is 14.3. The van der Waals surface area contributed by atoms with E-state index in [0.29, 0.717) is 48.6 Å². The van der Waals surface area contributed by atoms with Crippen molar-refractivity contribution in [3.05, 3.63) is 52.2 Å². The van der Waals surface area contributed by atoms with Gasteiger partial charge in [0.25, 0.3) is 5.91 Å². The second-order valence-corrected chi connectivity index (χ2v) is 10.1. The van der Waals surface area contributed by atoms with Crippen molar-refractivity contribution in [3.63, 3.8) is 0 Å². The molecular weight excluding hydrogens is 548 g/mol. The van der Waals surface area contributed by atoms with Gasteiger partial charge >= 0.3 is 0 Å². The van der Waals surface area contributed by atoms with Gasteiger partial charge in [-0.25, -0.2) is 0 Å². The van der Waals surface area contributed by atoms with E-state index in [-0.39, 0.29) is 25.3 Å². The van der Waals surface area contributed by atoms with E-state index in [4.69, 9.17) is 27.7 Å². The highest BCUT2D eigenvalue weighted by Crippen LogP contribution is 2.19. The molecule has 13 nitrogen and oxygen atoms in total. The second kappa shape index (κ2) is 17.5. The number of ether oxygens (including phenoxy) is 1. The van der Waals surface area contributed by atoms with Crippen molar-refractivity contribution < 1.29 is 23.9 Å². The van der Waals surface area contributed by atoms with Crippen LogP contribution < -0.4 is 43.6 Å². The maximum atomic E-state index is 13.4. The summed E-state index contributed by atoms with van der Waals surface area (Å²) in [7, 11) is 0. The van der Waals surface area contributed by atoms with Crippen LogP contribution in [-0.2, 0) is 14.4 Å². The molecule has 11 N–H and O–H groups in total. The standard InChI is InChI=1S/C27H40N8O5S/c1-2-40-18-12-10-17(11-13-18)22(23(29)36)35-25(38)19(7-3-4-14-28)33-24(37)20(8-5-15-32-27(30)31)34-26(39)21-9-6-16-41-21/h6,9-13,16,19-20,22H,2-5,7-8,14-15,28H2,1H3,(H2,29,36)(H,33,37)(H,34,39)(H,35,38)(H4,30,31,32)/t19-,20-,22-/m0/s1. The molecule has 224 valence electrons. The van der Waals surface area contributed by atoms with Gasteiger partial charge in [0.15, 0.2) is 5.96 Å². The lowest BCUT2D eigenvalue weighted by molar-refractivity contribution is -0.132. The average molecular weight is 589 g/mol. The lowest BCUT2D eigenvalue weighted by Crippen LogP contribution is -2.54. The van der Waals surface area contributed by atoms with E-state index in [1.54, 1.807) is 41.8 Å². The number of thiophene rings is 1. The number of hydrogen-bond acceptors (Lipinski definition) is 8. The topological polar surface area (TPSA) is 230 Å². The lowest BCUT2D eigenvalue weighted by Gasteiger charge is -2.25. The SMILES string of the molecule is CCOc1ccc([C@H](NC(=O)[C@H](CCCCN)NC(=O)[C@H](CCCN=C(N)N)NC(=O)c2cccs2)C(N)=O)cc1. The molecule has 0 aliphatic carbocycles. The van der Waals surface area contributed by atoms with Gasteiger partial charge in [-0.3, -0.25) is 24.2 Å². The summed E-state index contributed by atoms with van der Waals surface area (Å²) >= 11 is 1.23. The van der Waals surface area contributed by atoms with Gasteiger partial charge in [-0.2, -0.15) is 0 Å². The summed E-state index contributed by atoms with van der Waals surface area (Å²) in [5, 5.41) is 9.87. The van der Waals surface area contributed by atoms with Crippen LogP contribution in [0.15, 0.2) is 46.8 Å². The first-order valence-electron chi connectivity index (χ1n) is 13.4. The smallest absolute Gasteiger partial charge is 0.261 e. The minimum atomic E-state index is -1.14. The molecule has 0 saturated heterocycles. The molecule has 41 heavy (non-hydrogen) atoms. The number of nitrogens with two attached hydrogens (primary N) is 4. The van der Waals surface area contributed by atoms with E-state index in [1.807, 2.05) is 6.92 Å². The highest BCUT2D eigenvalue weighted by molar-refractivity contribution is 7.12. The summed E-state index contributed by atoms with van der Waals surface area (Å²) in [6.45, 7) is 2.98. The minimum absolute atomic E-state index is 0.0817. The van der Waals surface area contributed by atoms with Crippen LogP contribution in [0.5, 0.6) is 5.75 Å². The van der Waals surface area contributed by atoms with Gasteiger partial charge in [0.05, 0.1) is 11.5 Å². The van der Waals surface area contributed by atoms with Gasteiger partial charge in [0.1, 0.15) is 23.9 Å². The van der Waals surface area contributed by atoms with Gasteiger partial charge < -0.3 is 43.6 Å². The quantitative estimate of drug-likeness (QED) is 0.0723. The molecule has 2 rings (SSSR count). The Hall–Kier alpha value is -4.17. The Morgan fingerprint density at radius 3 is 2.15 bits per heavy atom. The summed E-state index contributed by atoms with van der Waals surface area (Å²) in [4.78, 5) is 56.1. The zero-order chi connectivity index (χ0) is 30.2. The summed E-state index contributed by atoms with van der Waals surface area (Å²) in [6, 6.07) is 6.85. The monoisotopic (exact) mass is 588 g/mol. The molecule has 14 heteroatoms. The van der Waals surface area contributed by atoms with Crippen LogP contribution in [0.3, 0.4) is 0 Å². The highest BCUT2D eigenvalue weighted by atomic mass is 32.1. The molecule has 1 aromatic heterocycles. The molecule has 1 heterocycles. The molecule has 0 aliphatic heterocycles. The summed E-state index contributed by atoms with van der Waals surface area (Å²) in [6.07, 6.45) is 2.02. The zero-order valence-electron chi connectivity index (χ0n) is 23.1. The van der Waals surface area contributed by atoms with Crippen molar-refractivity contribution in [3.8, 4) is 5.75 Å². The molecule has 2 aromatic rings. The number of rotatable bonds is 18. The maximum absolute atomic E-state index is 13.4. The van der Waals surface area contributed by atoms with Crippen LogP contribution in [0.1, 0.15) is 60.3 Å². The fourth-order valence-electron chi connectivity index (χ4n) is 3.93. The van der Waals surface area contributed by atoms with Crippen molar-refractivity contribution in [1.29, 1.82) is 0 Å². The molecule has 0 fully saturated rings. The fourth-order valence-corrected chi connectivity index (χ4v) is 4.56. The number of unbranched alkanes of at least 4 members (excludes halogenated alkanes) is 1. The molecule has 0 unspecified atom stereocenters. The average Bonchev–Trinajstić information content (AvgIpc) is 3.48. The third-order valence-electron chi connectivity index (χ3n) is 5.99. The molecule has 0 spiro atoms. The molecular formula is C27H40N8O5S. The highest BCUT2D eigenvalue weighted by Gasteiger charge is 2.29. The van der Waals surface area contributed by atoms with E-state index in [0.717, 1.165) is 0 Å². The number of hydrogen-bond donors (Lipinski definition) is 7. The van der Waals surface area contributed by atoms with Gasteiger partial charge in [0, 0.05) is 6.54 Å². The number of benzene rings is 1. The van der Waals surface area contributed by atoms with Gasteiger partial charge in [-0.1, -0.05) is 18.2 Å². The van der Waals surface area contributed by atoms with Crippen LogP contribution in [0, 0.1) is 0 Å². The number of nitrogens with zero attached hydrogens (tertiary/aromatic N) is 1. The Kier molecular flexibility index (Phi) is 14.1. The van der Waals surface area contributed by atoms with Gasteiger partial charge in [-0.05, 0) is 74.7 Å². The predicted octanol–water partition coefficient (Wildman–Crippen LogP) is 0.255. The van der Waals surface area contributed by atoms with E-state index < -0.39 is 41.8 Å². The Morgan fingerprint density at radius 1 is 0.902 bits per heavy atom. The van der Waals surface area contributed by atoms with Crippen LogP contribution in [0.4, 0.5) is 0 Å².